The van der Waals surface area contributed by atoms with Gasteiger partial charge in [-0.15, -0.1) is 0 Å². The Hall–Kier alpha value is -1.20. The maximum absolute atomic E-state index is 5.04. The van der Waals surface area contributed by atoms with Gasteiger partial charge in [-0.3, -0.25) is 0 Å². The first kappa shape index (κ1) is 14.9. The summed E-state index contributed by atoms with van der Waals surface area (Å²) in [5.41, 5.74) is 1.08. The number of nitrogens with zero attached hydrogens (tertiary/aromatic N) is 3. The highest BCUT2D eigenvalue weighted by molar-refractivity contribution is 5.35. The van der Waals surface area contributed by atoms with E-state index in [1.54, 1.807) is 7.11 Å². The Morgan fingerprint density at radius 2 is 2.11 bits per heavy atom. The molecule has 0 aliphatic rings. The molecule has 1 aromatic heterocycles. The van der Waals surface area contributed by atoms with Crippen LogP contribution in [0.5, 0.6) is 0 Å². The van der Waals surface area contributed by atoms with E-state index in [1.807, 2.05) is 13.0 Å². The standard InChI is InChI=1S/C13H24N4O/c1-5-12-10-13(16-11(2)15-12)14-6-7-17(3)8-9-18-4/h10H,5-9H2,1-4H3,(H,14,15,16). The van der Waals surface area contributed by atoms with Crippen LogP contribution in [0.15, 0.2) is 6.07 Å². The fraction of sp³-hybridized carbons (Fsp3) is 0.692. The van der Waals surface area contributed by atoms with Gasteiger partial charge in [-0.2, -0.15) is 0 Å². The van der Waals surface area contributed by atoms with E-state index in [0.29, 0.717) is 0 Å². The number of nitrogens with one attached hydrogen (secondary N) is 1. The van der Waals surface area contributed by atoms with Gasteiger partial charge in [-0.05, 0) is 20.4 Å². The van der Waals surface area contributed by atoms with Gasteiger partial charge in [0.05, 0.1) is 6.61 Å². The number of aryl methyl sites for hydroxylation is 2. The number of anilines is 1. The molecular weight excluding hydrogens is 228 g/mol. The van der Waals surface area contributed by atoms with Crippen LogP contribution in [-0.2, 0) is 11.2 Å². The van der Waals surface area contributed by atoms with Crippen LogP contribution in [0.1, 0.15) is 18.4 Å². The van der Waals surface area contributed by atoms with Gasteiger partial charge in [-0.25, -0.2) is 9.97 Å². The molecule has 1 aromatic rings. The zero-order chi connectivity index (χ0) is 13.4. The summed E-state index contributed by atoms with van der Waals surface area (Å²) in [4.78, 5) is 11.0. The average Bonchev–Trinajstić information content (AvgIpc) is 2.35. The van der Waals surface area contributed by atoms with Crippen molar-refractivity contribution in [2.75, 3.05) is 45.7 Å². The van der Waals surface area contributed by atoms with Crippen LogP contribution in [0.4, 0.5) is 5.82 Å². The van der Waals surface area contributed by atoms with Gasteiger partial charge in [0.2, 0.25) is 0 Å². The largest absolute Gasteiger partial charge is 0.383 e. The van der Waals surface area contributed by atoms with Gasteiger partial charge in [0.25, 0.3) is 0 Å². The highest BCUT2D eigenvalue weighted by Crippen LogP contribution is 2.06. The van der Waals surface area contributed by atoms with Crippen LogP contribution >= 0.6 is 0 Å². The molecule has 1 rings (SSSR count). The molecule has 0 aliphatic carbocycles. The minimum absolute atomic E-state index is 0.767. The van der Waals surface area contributed by atoms with Gasteiger partial charge in [0.15, 0.2) is 0 Å². The van der Waals surface area contributed by atoms with Crippen LogP contribution in [-0.4, -0.2) is 55.3 Å². The van der Waals surface area contributed by atoms with Gasteiger partial charge < -0.3 is 15.0 Å². The summed E-state index contributed by atoms with van der Waals surface area (Å²) >= 11 is 0. The highest BCUT2D eigenvalue weighted by Gasteiger charge is 2.01. The molecule has 0 aliphatic heterocycles. The molecule has 0 unspecified atom stereocenters. The molecule has 1 N–H and O–H groups in total. The van der Waals surface area contributed by atoms with E-state index in [1.165, 1.54) is 0 Å². The minimum Gasteiger partial charge on any atom is -0.383 e. The normalized spacial score (nSPS) is 10.9. The lowest BCUT2D eigenvalue weighted by molar-refractivity contribution is 0.163. The van der Waals surface area contributed by atoms with Crippen LogP contribution in [0.25, 0.3) is 0 Å². The molecule has 0 atom stereocenters. The second kappa shape index (κ2) is 8.00. The van der Waals surface area contributed by atoms with E-state index in [2.05, 4.69) is 34.2 Å². The lowest BCUT2D eigenvalue weighted by atomic mass is 10.3. The molecule has 102 valence electrons. The molecule has 0 spiro atoms. The number of aromatic nitrogens is 2. The molecule has 0 radical (unpaired) electrons. The number of hydrogen-bond donors (Lipinski definition) is 1. The fourth-order valence-electron chi connectivity index (χ4n) is 1.63. The minimum atomic E-state index is 0.767. The second-order valence-corrected chi connectivity index (χ2v) is 4.37. The predicted octanol–water partition coefficient (Wildman–Crippen LogP) is 1.34. The van der Waals surface area contributed by atoms with Crippen LogP contribution in [0, 0.1) is 6.92 Å². The zero-order valence-corrected chi connectivity index (χ0v) is 11.9. The molecule has 18 heavy (non-hydrogen) atoms. The number of rotatable bonds is 8. The molecule has 0 saturated heterocycles. The molecule has 1 heterocycles. The lowest BCUT2D eigenvalue weighted by Gasteiger charge is -2.16. The van der Waals surface area contributed by atoms with Gasteiger partial charge in [0.1, 0.15) is 11.6 Å². The van der Waals surface area contributed by atoms with E-state index in [-0.39, 0.29) is 0 Å². The van der Waals surface area contributed by atoms with Crippen molar-refractivity contribution < 1.29 is 4.74 Å². The van der Waals surface area contributed by atoms with Gasteiger partial charge in [-0.1, -0.05) is 6.92 Å². The summed E-state index contributed by atoms with van der Waals surface area (Å²) in [5, 5.41) is 3.33. The Morgan fingerprint density at radius 1 is 1.33 bits per heavy atom. The highest BCUT2D eigenvalue weighted by atomic mass is 16.5. The zero-order valence-electron chi connectivity index (χ0n) is 11.9. The molecule has 0 fully saturated rings. The summed E-state index contributed by atoms with van der Waals surface area (Å²) in [6, 6.07) is 2.02. The van der Waals surface area contributed by atoms with Crippen molar-refractivity contribution in [1.82, 2.24) is 14.9 Å². The van der Waals surface area contributed by atoms with Crippen LogP contribution in [0.2, 0.25) is 0 Å². The van der Waals surface area contributed by atoms with Crippen molar-refractivity contribution in [3.05, 3.63) is 17.6 Å². The maximum Gasteiger partial charge on any atom is 0.129 e. The first-order chi connectivity index (χ1) is 8.65. The predicted molar refractivity (Wildman–Crippen MR) is 74.0 cm³/mol. The maximum atomic E-state index is 5.04. The summed E-state index contributed by atoms with van der Waals surface area (Å²) in [6.07, 6.45) is 0.936. The van der Waals surface area contributed by atoms with E-state index < -0.39 is 0 Å². The monoisotopic (exact) mass is 252 g/mol. The van der Waals surface area contributed by atoms with Gasteiger partial charge >= 0.3 is 0 Å². The third-order valence-electron chi connectivity index (χ3n) is 2.73. The second-order valence-electron chi connectivity index (χ2n) is 4.37. The molecule has 5 heteroatoms. The average molecular weight is 252 g/mol. The third kappa shape index (κ3) is 5.42. The van der Waals surface area contributed by atoms with Gasteiger partial charge in [0, 0.05) is 38.5 Å². The molecule has 0 saturated carbocycles. The van der Waals surface area contributed by atoms with Crippen molar-refractivity contribution in [2.45, 2.75) is 20.3 Å². The Balaban J connectivity index is 2.36. The SMILES string of the molecule is CCc1cc(NCCN(C)CCOC)nc(C)n1. The van der Waals surface area contributed by atoms with Crippen molar-refractivity contribution in [1.29, 1.82) is 0 Å². The number of hydrogen-bond acceptors (Lipinski definition) is 5. The molecule has 5 nitrogen and oxygen atoms in total. The Labute approximate surface area is 110 Å². The van der Waals surface area contributed by atoms with Crippen molar-refractivity contribution >= 4 is 5.82 Å². The Morgan fingerprint density at radius 3 is 2.78 bits per heavy atom. The molecular formula is C13H24N4O. The first-order valence-electron chi connectivity index (χ1n) is 6.41. The third-order valence-corrected chi connectivity index (χ3v) is 2.73. The number of methoxy groups -OCH3 is 1. The molecule has 0 bridgehead atoms. The Kier molecular flexibility index (Phi) is 6.60. The summed E-state index contributed by atoms with van der Waals surface area (Å²) in [5.74, 6) is 1.74. The van der Waals surface area contributed by atoms with Crippen LogP contribution in [0.3, 0.4) is 0 Å². The van der Waals surface area contributed by atoms with E-state index in [0.717, 1.165) is 50.0 Å². The lowest BCUT2D eigenvalue weighted by Crippen LogP contribution is -2.28. The smallest absolute Gasteiger partial charge is 0.129 e. The van der Waals surface area contributed by atoms with E-state index in [9.17, 15) is 0 Å². The summed E-state index contributed by atoms with van der Waals surface area (Å²) in [7, 11) is 3.81. The van der Waals surface area contributed by atoms with Crippen LogP contribution < -0.4 is 5.32 Å². The Bertz CT molecular complexity index is 357. The first-order valence-corrected chi connectivity index (χ1v) is 6.41. The quantitative estimate of drug-likeness (QED) is 0.756. The van der Waals surface area contributed by atoms with E-state index in [4.69, 9.17) is 4.74 Å². The van der Waals surface area contributed by atoms with Crippen molar-refractivity contribution in [3.8, 4) is 0 Å². The van der Waals surface area contributed by atoms with E-state index >= 15 is 0 Å². The number of ether oxygens (including phenoxy) is 1. The number of likely N-dealkylation sites (N-methyl/N-ethyl adjacent to an activating group) is 1. The fourth-order valence-corrected chi connectivity index (χ4v) is 1.63. The molecule has 0 aromatic carbocycles. The topological polar surface area (TPSA) is 50.3 Å². The molecule has 0 amide bonds. The van der Waals surface area contributed by atoms with Crippen molar-refractivity contribution in [3.63, 3.8) is 0 Å². The summed E-state index contributed by atoms with van der Waals surface area (Å²) in [6.45, 7) is 7.58. The summed E-state index contributed by atoms with van der Waals surface area (Å²) < 4.78 is 5.04. The van der Waals surface area contributed by atoms with Crippen molar-refractivity contribution in [2.24, 2.45) is 0 Å².